The van der Waals surface area contributed by atoms with E-state index in [0.717, 1.165) is 22.9 Å². The molecule has 5 N–H and O–H groups in total. The number of aromatic carboxylic acids is 1. The molecular weight excluding hydrogens is 437 g/mol. The van der Waals surface area contributed by atoms with E-state index >= 15 is 0 Å². The summed E-state index contributed by atoms with van der Waals surface area (Å²) in [4.78, 5) is 25.9. The molecule has 1 fully saturated rings. The lowest BCUT2D eigenvalue weighted by atomic mass is 9.97. The minimum atomic E-state index is -1.61. The molecule has 31 heavy (non-hydrogen) atoms. The first kappa shape index (κ1) is 21.0. The maximum atomic E-state index is 15.0. The lowest BCUT2D eigenvalue weighted by Crippen LogP contribution is -2.63. The van der Waals surface area contributed by atoms with Gasteiger partial charge in [-0.15, -0.1) is 0 Å². The molecule has 2 unspecified atom stereocenters. The molecule has 0 saturated carbocycles. The Balaban J connectivity index is 2.14. The van der Waals surface area contributed by atoms with Crippen LogP contribution in [0.5, 0.6) is 0 Å². The highest BCUT2D eigenvalue weighted by Crippen LogP contribution is 2.40. The largest absolute Gasteiger partial charge is 0.477 e. The number of halogens is 4. The van der Waals surface area contributed by atoms with Crippen molar-refractivity contribution in [2.24, 2.45) is 5.73 Å². The average molecular weight is 453 g/mol. The zero-order chi connectivity index (χ0) is 22.8. The van der Waals surface area contributed by atoms with E-state index in [1.54, 1.807) is 11.8 Å². The molecule has 0 bridgehead atoms. The molecule has 162 valence electrons. The SMILES string of the molecule is CC1C(N)CN1c1c(F)cc2c(=O)c(C(=O)O)cn(-c3cc(N)c(F)cc3F)c2c1Cl. The topological polar surface area (TPSA) is 115 Å². The molecule has 11 heteroatoms. The Morgan fingerprint density at radius 3 is 2.45 bits per heavy atom. The molecule has 0 radical (unpaired) electrons. The summed E-state index contributed by atoms with van der Waals surface area (Å²) >= 11 is 6.49. The third-order valence-corrected chi connectivity index (χ3v) is 5.88. The van der Waals surface area contributed by atoms with Crippen LogP contribution in [-0.4, -0.2) is 34.3 Å². The third-order valence-electron chi connectivity index (χ3n) is 5.52. The van der Waals surface area contributed by atoms with Crippen LogP contribution in [0, 0.1) is 17.5 Å². The number of anilines is 2. The number of pyridine rings is 1. The van der Waals surface area contributed by atoms with Crippen LogP contribution >= 0.6 is 11.6 Å². The van der Waals surface area contributed by atoms with Gasteiger partial charge >= 0.3 is 5.97 Å². The van der Waals surface area contributed by atoms with Crippen molar-refractivity contribution in [3.8, 4) is 5.69 Å². The minimum absolute atomic E-state index is 0.0601. The molecule has 1 aliphatic heterocycles. The first-order valence-corrected chi connectivity index (χ1v) is 9.48. The van der Waals surface area contributed by atoms with E-state index in [1.807, 2.05) is 0 Å². The van der Waals surface area contributed by atoms with Crippen molar-refractivity contribution in [3.63, 3.8) is 0 Å². The number of fused-ring (bicyclic) bond motifs is 1. The Morgan fingerprint density at radius 2 is 1.87 bits per heavy atom. The molecule has 0 amide bonds. The molecule has 2 heterocycles. The predicted molar refractivity (Wildman–Crippen MR) is 111 cm³/mol. The van der Waals surface area contributed by atoms with Crippen LogP contribution in [0.15, 0.2) is 29.2 Å². The molecular formula is C20H16ClF3N4O3. The van der Waals surface area contributed by atoms with Crippen LogP contribution in [0.4, 0.5) is 24.5 Å². The van der Waals surface area contributed by atoms with Gasteiger partial charge < -0.3 is 26.0 Å². The molecule has 0 spiro atoms. The van der Waals surface area contributed by atoms with Gasteiger partial charge in [0.05, 0.1) is 33.0 Å². The summed E-state index contributed by atoms with van der Waals surface area (Å²) in [6.07, 6.45) is 0.849. The van der Waals surface area contributed by atoms with E-state index in [-0.39, 0.29) is 39.4 Å². The number of nitrogens with two attached hydrogens (primary N) is 2. The fourth-order valence-corrected chi connectivity index (χ4v) is 4.07. The second-order valence-corrected chi connectivity index (χ2v) is 7.72. The Bertz CT molecular complexity index is 1330. The van der Waals surface area contributed by atoms with Gasteiger partial charge in [0.2, 0.25) is 5.43 Å². The minimum Gasteiger partial charge on any atom is -0.477 e. The van der Waals surface area contributed by atoms with Crippen molar-refractivity contribution in [1.82, 2.24) is 4.57 Å². The lowest BCUT2D eigenvalue weighted by molar-refractivity contribution is 0.0695. The van der Waals surface area contributed by atoms with Crippen molar-refractivity contribution < 1.29 is 23.1 Å². The molecule has 1 saturated heterocycles. The predicted octanol–water partition coefficient (Wildman–Crippen LogP) is 2.88. The number of hydrogen-bond donors (Lipinski definition) is 3. The summed E-state index contributed by atoms with van der Waals surface area (Å²) in [5.74, 6) is -4.58. The van der Waals surface area contributed by atoms with Gasteiger partial charge in [0.15, 0.2) is 0 Å². The number of nitrogens with zero attached hydrogens (tertiary/aromatic N) is 2. The van der Waals surface area contributed by atoms with Crippen LogP contribution in [-0.2, 0) is 0 Å². The van der Waals surface area contributed by atoms with Crippen molar-refractivity contribution >= 4 is 39.8 Å². The van der Waals surface area contributed by atoms with Gasteiger partial charge in [-0.25, -0.2) is 18.0 Å². The fourth-order valence-electron chi connectivity index (χ4n) is 3.68. The van der Waals surface area contributed by atoms with Gasteiger partial charge in [-0.3, -0.25) is 4.79 Å². The van der Waals surface area contributed by atoms with Gasteiger partial charge in [0.25, 0.3) is 0 Å². The highest BCUT2D eigenvalue weighted by atomic mass is 35.5. The number of hydrogen-bond acceptors (Lipinski definition) is 5. The first-order chi connectivity index (χ1) is 14.5. The van der Waals surface area contributed by atoms with Crippen LogP contribution < -0.4 is 21.8 Å². The van der Waals surface area contributed by atoms with Crippen molar-refractivity contribution in [2.45, 2.75) is 19.0 Å². The van der Waals surface area contributed by atoms with Crippen molar-refractivity contribution in [3.05, 3.63) is 62.7 Å². The van der Waals surface area contributed by atoms with E-state index in [4.69, 9.17) is 23.1 Å². The highest BCUT2D eigenvalue weighted by Gasteiger charge is 2.36. The molecule has 0 aliphatic carbocycles. The Kier molecular flexibility index (Phi) is 4.86. The molecule has 3 aromatic rings. The molecule has 7 nitrogen and oxygen atoms in total. The Hall–Kier alpha value is -3.24. The lowest BCUT2D eigenvalue weighted by Gasteiger charge is -2.46. The van der Waals surface area contributed by atoms with Crippen molar-refractivity contribution in [1.29, 1.82) is 0 Å². The standard InChI is InChI=1S/C20H16ClF3N4O3/c1-7-14(26)6-27(7)18-12(24)2-8-17(16(18)21)28(5-9(19(8)29)20(30)31)15-4-13(25)10(22)3-11(15)23/h2-5,7,14H,6,25-26H2,1H3,(H,30,31). The number of carboxylic acids is 1. The van der Waals surface area contributed by atoms with E-state index in [2.05, 4.69) is 0 Å². The summed E-state index contributed by atoms with van der Waals surface area (Å²) in [5, 5.41) is 8.79. The van der Waals surface area contributed by atoms with E-state index in [1.165, 1.54) is 0 Å². The van der Waals surface area contributed by atoms with Crippen LogP contribution in [0.25, 0.3) is 16.6 Å². The van der Waals surface area contributed by atoms with Gasteiger partial charge in [-0.2, -0.15) is 0 Å². The van der Waals surface area contributed by atoms with Gasteiger partial charge in [0, 0.05) is 30.9 Å². The maximum Gasteiger partial charge on any atom is 0.341 e. The first-order valence-electron chi connectivity index (χ1n) is 9.10. The average Bonchev–Trinajstić information content (AvgIpc) is 2.70. The molecule has 2 atom stereocenters. The zero-order valence-electron chi connectivity index (χ0n) is 16.0. The quantitative estimate of drug-likeness (QED) is 0.526. The molecule has 1 aliphatic rings. The number of carboxylic acid groups (broad SMARTS) is 1. The maximum absolute atomic E-state index is 15.0. The monoisotopic (exact) mass is 452 g/mol. The normalized spacial score (nSPS) is 18.3. The van der Waals surface area contributed by atoms with Crippen molar-refractivity contribution in [2.75, 3.05) is 17.2 Å². The van der Waals surface area contributed by atoms with Crippen LogP contribution in [0.1, 0.15) is 17.3 Å². The number of nitrogen functional groups attached to an aromatic ring is 1. The van der Waals surface area contributed by atoms with E-state index in [0.29, 0.717) is 12.6 Å². The zero-order valence-corrected chi connectivity index (χ0v) is 16.8. The van der Waals surface area contributed by atoms with Gasteiger partial charge in [-0.05, 0) is 19.1 Å². The van der Waals surface area contributed by atoms with E-state index < -0.39 is 40.1 Å². The summed E-state index contributed by atoms with van der Waals surface area (Å²) in [6, 6.07) is 1.81. The Labute approximate surface area is 178 Å². The van der Waals surface area contributed by atoms with Crippen LogP contribution in [0.3, 0.4) is 0 Å². The number of aromatic nitrogens is 1. The second kappa shape index (κ2) is 7.17. The summed E-state index contributed by atoms with van der Waals surface area (Å²) < 4.78 is 44.3. The summed E-state index contributed by atoms with van der Waals surface area (Å²) in [5.41, 5.74) is 8.70. The Morgan fingerprint density at radius 1 is 1.19 bits per heavy atom. The number of rotatable bonds is 3. The van der Waals surface area contributed by atoms with Gasteiger partial charge in [-0.1, -0.05) is 11.6 Å². The third kappa shape index (κ3) is 3.10. The smallest absolute Gasteiger partial charge is 0.341 e. The second-order valence-electron chi connectivity index (χ2n) is 7.35. The molecule has 1 aromatic heterocycles. The number of carbonyl (C=O) groups is 1. The summed E-state index contributed by atoms with van der Waals surface area (Å²) in [7, 11) is 0. The van der Waals surface area contributed by atoms with E-state index in [9.17, 15) is 27.9 Å². The number of benzene rings is 2. The molecule has 4 rings (SSSR count). The summed E-state index contributed by atoms with van der Waals surface area (Å²) in [6.45, 7) is 2.05. The highest BCUT2D eigenvalue weighted by molar-refractivity contribution is 6.38. The molecule has 2 aromatic carbocycles. The fraction of sp³-hybridized carbons (Fsp3) is 0.200. The van der Waals surface area contributed by atoms with Gasteiger partial charge in [0.1, 0.15) is 23.0 Å². The van der Waals surface area contributed by atoms with Crippen LogP contribution in [0.2, 0.25) is 5.02 Å².